The Morgan fingerprint density at radius 1 is 1.69 bits per heavy atom. The molecule has 1 aliphatic carbocycles. The van der Waals surface area contributed by atoms with E-state index in [2.05, 4.69) is 0 Å². The number of nitriles is 1. The molecule has 0 bridgehead atoms. The van der Waals surface area contributed by atoms with Crippen LogP contribution in [0.2, 0.25) is 0 Å². The Kier molecular flexibility index (Phi) is 3.30. The van der Waals surface area contributed by atoms with Crippen molar-refractivity contribution in [3.63, 3.8) is 0 Å². The molecule has 0 spiro atoms. The van der Waals surface area contributed by atoms with Crippen LogP contribution in [0.3, 0.4) is 0 Å². The molecule has 0 aliphatic heterocycles. The minimum absolute atomic E-state index is 0.119. The SMILES string of the molecule is CCN(CC#N)C(=O)C(C)C1CC1. The normalized spacial score (nSPS) is 17.6. The third-order valence-electron chi connectivity index (χ3n) is 2.67. The van der Waals surface area contributed by atoms with Gasteiger partial charge >= 0.3 is 0 Å². The highest BCUT2D eigenvalue weighted by molar-refractivity contribution is 5.79. The Bertz CT molecular complexity index is 228. The lowest BCUT2D eigenvalue weighted by Gasteiger charge is -2.21. The monoisotopic (exact) mass is 180 g/mol. The van der Waals surface area contributed by atoms with Crippen LogP contribution in [0.25, 0.3) is 0 Å². The number of carbonyl (C=O) groups excluding carboxylic acids is 1. The molecule has 0 radical (unpaired) electrons. The molecule has 1 amide bonds. The van der Waals surface area contributed by atoms with Gasteiger partial charge in [-0.15, -0.1) is 0 Å². The van der Waals surface area contributed by atoms with Crippen molar-refractivity contribution in [2.45, 2.75) is 26.7 Å². The molecule has 72 valence electrons. The average Bonchev–Trinajstić information content (AvgIpc) is 2.95. The predicted molar refractivity (Wildman–Crippen MR) is 49.8 cm³/mol. The Hall–Kier alpha value is -1.04. The standard InChI is InChI=1S/C10H16N2O/c1-3-12(7-6-11)10(13)8(2)9-4-5-9/h8-9H,3-5,7H2,1-2H3. The molecule has 1 aliphatic rings. The van der Waals surface area contributed by atoms with Gasteiger partial charge in [-0.3, -0.25) is 4.79 Å². The van der Waals surface area contributed by atoms with E-state index in [4.69, 9.17) is 5.26 Å². The Morgan fingerprint density at radius 3 is 2.69 bits per heavy atom. The summed E-state index contributed by atoms with van der Waals surface area (Å²) >= 11 is 0. The third-order valence-corrected chi connectivity index (χ3v) is 2.67. The second kappa shape index (κ2) is 4.27. The fourth-order valence-electron chi connectivity index (χ4n) is 1.52. The summed E-state index contributed by atoms with van der Waals surface area (Å²) in [5.41, 5.74) is 0. The Balaban J connectivity index is 2.47. The molecule has 0 heterocycles. The molecule has 0 aromatic carbocycles. The molecular formula is C10H16N2O. The van der Waals surface area contributed by atoms with Gasteiger partial charge in [0.1, 0.15) is 6.54 Å². The zero-order valence-electron chi connectivity index (χ0n) is 8.29. The molecular weight excluding hydrogens is 164 g/mol. The minimum Gasteiger partial charge on any atom is -0.329 e. The Morgan fingerprint density at radius 2 is 2.31 bits per heavy atom. The summed E-state index contributed by atoms with van der Waals surface area (Å²) in [5.74, 6) is 0.847. The molecule has 3 nitrogen and oxygen atoms in total. The van der Waals surface area contributed by atoms with Crippen LogP contribution < -0.4 is 0 Å². The number of carbonyl (C=O) groups is 1. The number of nitrogens with zero attached hydrogens (tertiary/aromatic N) is 2. The van der Waals surface area contributed by atoms with Crippen molar-refractivity contribution in [3.8, 4) is 6.07 Å². The van der Waals surface area contributed by atoms with Crippen LogP contribution in [0, 0.1) is 23.2 Å². The van der Waals surface area contributed by atoms with E-state index in [-0.39, 0.29) is 18.4 Å². The molecule has 1 fully saturated rings. The maximum absolute atomic E-state index is 11.7. The lowest BCUT2D eigenvalue weighted by Crippen LogP contribution is -2.36. The molecule has 0 aromatic heterocycles. The Labute approximate surface area is 79.3 Å². The van der Waals surface area contributed by atoms with Gasteiger partial charge in [0.15, 0.2) is 0 Å². The van der Waals surface area contributed by atoms with Crippen LogP contribution in [0.1, 0.15) is 26.7 Å². The van der Waals surface area contributed by atoms with E-state index < -0.39 is 0 Å². The van der Waals surface area contributed by atoms with Gasteiger partial charge in [-0.1, -0.05) is 6.92 Å². The molecule has 3 heteroatoms. The van der Waals surface area contributed by atoms with E-state index in [1.807, 2.05) is 19.9 Å². The first-order chi connectivity index (χ1) is 6.20. The number of amides is 1. The topological polar surface area (TPSA) is 44.1 Å². The van der Waals surface area contributed by atoms with Crippen LogP contribution in [0.15, 0.2) is 0 Å². The summed E-state index contributed by atoms with van der Waals surface area (Å²) in [4.78, 5) is 13.3. The van der Waals surface area contributed by atoms with Crippen molar-refractivity contribution in [1.82, 2.24) is 4.90 Å². The first-order valence-electron chi connectivity index (χ1n) is 4.86. The lowest BCUT2D eigenvalue weighted by molar-refractivity contribution is -0.134. The van der Waals surface area contributed by atoms with Gasteiger partial charge < -0.3 is 4.90 Å². The largest absolute Gasteiger partial charge is 0.329 e. The van der Waals surface area contributed by atoms with Gasteiger partial charge in [0.25, 0.3) is 0 Å². The van der Waals surface area contributed by atoms with E-state index in [9.17, 15) is 4.79 Å². The van der Waals surface area contributed by atoms with Crippen molar-refractivity contribution in [2.75, 3.05) is 13.1 Å². The molecule has 0 N–H and O–H groups in total. The van der Waals surface area contributed by atoms with Crippen LogP contribution in [0.5, 0.6) is 0 Å². The van der Waals surface area contributed by atoms with Gasteiger partial charge in [-0.25, -0.2) is 0 Å². The minimum atomic E-state index is 0.119. The van der Waals surface area contributed by atoms with E-state index in [1.165, 1.54) is 12.8 Å². The maximum Gasteiger partial charge on any atom is 0.226 e. The van der Waals surface area contributed by atoms with Gasteiger partial charge in [-0.05, 0) is 25.7 Å². The van der Waals surface area contributed by atoms with Crippen molar-refractivity contribution < 1.29 is 4.79 Å². The number of rotatable bonds is 4. The van der Waals surface area contributed by atoms with Crippen LogP contribution in [0.4, 0.5) is 0 Å². The van der Waals surface area contributed by atoms with Gasteiger partial charge in [-0.2, -0.15) is 5.26 Å². The quantitative estimate of drug-likeness (QED) is 0.614. The number of hydrogen-bond acceptors (Lipinski definition) is 2. The molecule has 1 saturated carbocycles. The second-order valence-electron chi connectivity index (χ2n) is 3.64. The first-order valence-corrected chi connectivity index (χ1v) is 4.86. The van der Waals surface area contributed by atoms with E-state index in [0.717, 1.165) is 0 Å². The zero-order valence-corrected chi connectivity index (χ0v) is 8.29. The van der Waals surface area contributed by atoms with Gasteiger partial charge in [0, 0.05) is 12.5 Å². The summed E-state index contributed by atoms with van der Waals surface area (Å²) in [6.07, 6.45) is 2.36. The van der Waals surface area contributed by atoms with E-state index in [0.29, 0.717) is 12.5 Å². The van der Waals surface area contributed by atoms with Crippen LogP contribution >= 0.6 is 0 Å². The van der Waals surface area contributed by atoms with Crippen molar-refractivity contribution in [3.05, 3.63) is 0 Å². The van der Waals surface area contributed by atoms with Crippen molar-refractivity contribution >= 4 is 5.91 Å². The first kappa shape index (κ1) is 10.0. The molecule has 1 unspecified atom stereocenters. The van der Waals surface area contributed by atoms with Crippen molar-refractivity contribution in [1.29, 1.82) is 5.26 Å². The molecule has 13 heavy (non-hydrogen) atoms. The second-order valence-corrected chi connectivity index (χ2v) is 3.64. The maximum atomic E-state index is 11.7. The molecule has 1 rings (SSSR count). The highest BCUT2D eigenvalue weighted by Gasteiger charge is 2.34. The van der Waals surface area contributed by atoms with E-state index in [1.54, 1.807) is 4.90 Å². The molecule has 0 saturated heterocycles. The van der Waals surface area contributed by atoms with Crippen LogP contribution in [-0.4, -0.2) is 23.9 Å². The highest BCUT2D eigenvalue weighted by atomic mass is 16.2. The fourth-order valence-corrected chi connectivity index (χ4v) is 1.52. The predicted octanol–water partition coefficient (Wildman–Crippen LogP) is 1.40. The highest BCUT2D eigenvalue weighted by Crippen LogP contribution is 2.37. The smallest absolute Gasteiger partial charge is 0.226 e. The van der Waals surface area contributed by atoms with Gasteiger partial charge in [0.05, 0.1) is 6.07 Å². The molecule has 1 atom stereocenters. The lowest BCUT2D eigenvalue weighted by atomic mass is 10.1. The summed E-state index contributed by atoms with van der Waals surface area (Å²) < 4.78 is 0. The van der Waals surface area contributed by atoms with Gasteiger partial charge in [0.2, 0.25) is 5.91 Å². The van der Waals surface area contributed by atoms with Crippen LogP contribution in [-0.2, 0) is 4.79 Å². The fraction of sp³-hybridized carbons (Fsp3) is 0.800. The third kappa shape index (κ3) is 2.45. The zero-order chi connectivity index (χ0) is 9.84. The summed E-state index contributed by atoms with van der Waals surface area (Å²) in [6.45, 7) is 4.75. The van der Waals surface area contributed by atoms with Crippen molar-refractivity contribution in [2.24, 2.45) is 11.8 Å². The summed E-state index contributed by atoms with van der Waals surface area (Å²) in [6, 6.07) is 2.02. The molecule has 0 aromatic rings. The summed E-state index contributed by atoms with van der Waals surface area (Å²) in [5, 5.41) is 8.51. The van der Waals surface area contributed by atoms with E-state index >= 15 is 0 Å². The summed E-state index contributed by atoms with van der Waals surface area (Å²) in [7, 11) is 0. The average molecular weight is 180 g/mol. The number of hydrogen-bond donors (Lipinski definition) is 0.